The van der Waals surface area contributed by atoms with Gasteiger partial charge in [-0.25, -0.2) is 0 Å². The Kier molecular flexibility index (Phi) is 3.19. The van der Waals surface area contributed by atoms with Crippen LogP contribution in [-0.4, -0.2) is 16.1 Å². The van der Waals surface area contributed by atoms with E-state index in [2.05, 4.69) is 43.9 Å². The molecule has 1 saturated heterocycles. The Labute approximate surface area is 127 Å². The molecule has 0 radical (unpaired) electrons. The molecule has 2 heterocycles. The maximum absolute atomic E-state index is 6.29. The van der Waals surface area contributed by atoms with Crippen molar-refractivity contribution in [2.45, 2.75) is 44.7 Å². The van der Waals surface area contributed by atoms with Crippen LogP contribution < -0.4 is 0 Å². The first kappa shape index (κ1) is 14.0. The molecular weight excluding hydrogens is 258 g/mol. The normalized spacial score (nSPS) is 27.7. The van der Waals surface area contributed by atoms with Gasteiger partial charge in [0.05, 0.1) is 11.1 Å². The van der Waals surface area contributed by atoms with Crippen molar-refractivity contribution in [1.82, 2.24) is 5.06 Å². The van der Waals surface area contributed by atoms with Crippen LogP contribution in [0.3, 0.4) is 0 Å². The van der Waals surface area contributed by atoms with E-state index in [0.717, 1.165) is 24.2 Å². The van der Waals surface area contributed by atoms with Crippen molar-refractivity contribution in [2.24, 2.45) is 0 Å². The number of nitrogens with zero attached hydrogens (tertiary/aromatic N) is 1. The summed E-state index contributed by atoms with van der Waals surface area (Å²) in [6, 6.07) is 10.2. The van der Waals surface area contributed by atoms with Gasteiger partial charge in [-0.2, -0.15) is 0 Å². The number of terminal acetylenes is 1. The van der Waals surface area contributed by atoms with E-state index in [1.807, 2.05) is 24.3 Å². The van der Waals surface area contributed by atoms with Crippen LogP contribution in [0.1, 0.15) is 39.2 Å². The van der Waals surface area contributed by atoms with Crippen LogP contribution in [0.5, 0.6) is 0 Å². The summed E-state index contributed by atoms with van der Waals surface area (Å²) in [6.45, 7) is 6.71. The molecule has 108 valence electrons. The quantitative estimate of drug-likeness (QED) is 0.754. The molecular formula is C19H21NO. The van der Waals surface area contributed by atoms with Crippen LogP contribution in [0, 0.1) is 12.3 Å². The first-order valence-electron chi connectivity index (χ1n) is 7.40. The van der Waals surface area contributed by atoms with Crippen LogP contribution in [0.2, 0.25) is 0 Å². The van der Waals surface area contributed by atoms with Gasteiger partial charge in [-0.1, -0.05) is 36.3 Å². The van der Waals surface area contributed by atoms with Gasteiger partial charge in [-0.3, -0.25) is 0 Å². The molecule has 0 N–H and O–H groups in total. The molecule has 1 fully saturated rings. The number of benzene rings is 1. The molecule has 1 aromatic rings. The van der Waals surface area contributed by atoms with Gasteiger partial charge in [0, 0.05) is 11.1 Å². The topological polar surface area (TPSA) is 12.5 Å². The Hall–Kier alpha value is -1.98. The number of fused-ring (bicyclic) bond motifs is 1. The lowest BCUT2D eigenvalue weighted by Crippen LogP contribution is -2.46. The number of hydrogen-bond acceptors (Lipinski definition) is 2. The van der Waals surface area contributed by atoms with E-state index < -0.39 is 0 Å². The fourth-order valence-corrected chi connectivity index (χ4v) is 3.46. The molecule has 0 saturated carbocycles. The monoisotopic (exact) mass is 279 g/mol. The number of hydrogen-bond donors (Lipinski definition) is 0. The van der Waals surface area contributed by atoms with Crippen LogP contribution >= 0.6 is 0 Å². The zero-order chi connectivity index (χ0) is 15.1. The minimum absolute atomic E-state index is 0.0283. The first-order chi connectivity index (χ1) is 9.99. The average molecular weight is 279 g/mol. The second-order valence-corrected chi connectivity index (χ2v) is 6.58. The van der Waals surface area contributed by atoms with E-state index in [-0.39, 0.29) is 11.1 Å². The van der Waals surface area contributed by atoms with Crippen LogP contribution in [-0.2, 0) is 4.84 Å². The summed E-state index contributed by atoms with van der Waals surface area (Å²) in [5.41, 5.74) is 2.19. The summed E-state index contributed by atoms with van der Waals surface area (Å²) in [7, 11) is 0. The van der Waals surface area contributed by atoms with Crippen LogP contribution in [0.25, 0.3) is 5.76 Å². The van der Waals surface area contributed by atoms with E-state index in [4.69, 9.17) is 11.3 Å². The summed E-state index contributed by atoms with van der Waals surface area (Å²) in [5.74, 6) is 3.52. The van der Waals surface area contributed by atoms with Gasteiger partial charge in [-0.15, -0.1) is 11.5 Å². The highest BCUT2D eigenvalue weighted by Crippen LogP contribution is 2.53. The van der Waals surface area contributed by atoms with Crippen molar-refractivity contribution in [1.29, 1.82) is 0 Å². The highest BCUT2D eigenvalue weighted by atomic mass is 16.7. The van der Waals surface area contributed by atoms with Gasteiger partial charge in [0.2, 0.25) is 0 Å². The van der Waals surface area contributed by atoms with Crippen LogP contribution in [0.15, 0.2) is 48.1 Å². The maximum Gasteiger partial charge on any atom is 0.159 e. The van der Waals surface area contributed by atoms with E-state index in [9.17, 15) is 0 Å². The maximum atomic E-state index is 6.29. The molecule has 3 rings (SSSR count). The molecule has 2 aliphatic heterocycles. The lowest BCUT2D eigenvalue weighted by molar-refractivity contribution is -0.161. The lowest BCUT2D eigenvalue weighted by atomic mass is 9.88. The minimum Gasteiger partial charge on any atom is -0.404 e. The molecule has 2 aliphatic rings. The molecule has 0 amide bonds. The molecule has 0 bridgehead atoms. The predicted molar refractivity (Wildman–Crippen MR) is 86.0 cm³/mol. The SMILES string of the molecule is C#C/C=C\C1=C(c2ccccc2)ON2C(C)(C)CCC12C. The minimum atomic E-state index is -0.109. The van der Waals surface area contributed by atoms with Crippen molar-refractivity contribution in [3.05, 3.63) is 53.6 Å². The fraction of sp³-hybridized carbons (Fsp3) is 0.368. The van der Waals surface area contributed by atoms with E-state index in [0.29, 0.717) is 0 Å². The predicted octanol–water partition coefficient (Wildman–Crippen LogP) is 4.17. The molecule has 1 unspecified atom stereocenters. The molecule has 1 aromatic carbocycles. The first-order valence-corrected chi connectivity index (χ1v) is 7.40. The third kappa shape index (κ3) is 2.09. The number of allylic oxidation sites excluding steroid dienone is 1. The van der Waals surface area contributed by atoms with E-state index in [1.54, 1.807) is 6.08 Å². The summed E-state index contributed by atoms with van der Waals surface area (Å²) in [5, 5.41) is 2.15. The molecule has 0 aliphatic carbocycles. The van der Waals surface area contributed by atoms with Crippen LogP contribution in [0.4, 0.5) is 0 Å². The summed E-state index contributed by atoms with van der Waals surface area (Å²) in [6.07, 6.45) is 11.4. The van der Waals surface area contributed by atoms with Crippen molar-refractivity contribution >= 4 is 5.76 Å². The Morgan fingerprint density at radius 3 is 2.57 bits per heavy atom. The van der Waals surface area contributed by atoms with Crippen molar-refractivity contribution in [3.63, 3.8) is 0 Å². The summed E-state index contributed by atoms with van der Waals surface area (Å²) >= 11 is 0. The standard InChI is InChI=1S/C19H21NO/c1-5-6-12-16-17(15-10-8-7-9-11-15)21-20-18(2,3)13-14-19(16,20)4/h1,6-12H,13-14H2,2-4H3/b12-6-. The van der Waals surface area contributed by atoms with Crippen molar-refractivity contribution in [2.75, 3.05) is 0 Å². The third-order valence-electron chi connectivity index (χ3n) is 4.61. The number of rotatable bonds is 2. The molecule has 2 heteroatoms. The second kappa shape index (κ2) is 4.79. The van der Waals surface area contributed by atoms with Crippen molar-refractivity contribution < 1.29 is 4.84 Å². The molecule has 2 nitrogen and oxygen atoms in total. The molecule has 0 spiro atoms. The lowest BCUT2D eigenvalue weighted by Gasteiger charge is -2.35. The fourth-order valence-electron chi connectivity index (χ4n) is 3.46. The average Bonchev–Trinajstić information content (AvgIpc) is 2.90. The number of hydroxylamine groups is 2. The van der Waals surface area contributed by atoms with E-state index >= 15 is 0 Å². The Balaban J connectivity index is 2.13. The van der Waals surface area contributed by atoms with Gasteiger partial charge in [0.1, 0.15) is 0 Å². The Bertz CT molecular complexity index is 648. The smallest absolute Gasteiger partial charge is 0.159 e. The van der Waals surface area contributed by atoms with E-state index in [1.165, 1.54) is 5.57 Å². The summed E-state index contributed by atoms with van der Waals surface area (Å²) in [4.78, 5) is 6.29. The third-order valence-corrected chi connectivity index (χ3v) is 4.61. The van der Waals surface area contributed by atoms with Gasteiger partial charge < -0.3 is 4.84 Å². The largest absolute Gasteiger partial charge is 0.404 e. The summed E-state index contributed by atoms with van der Waals surface area (Å²) < 4.78 is 0. The molecule has 0 aromatic heterocycles. The molecule has 1 atom stereocenters. The molecule has 21 heavy (non-hydrogen) atoms. The Morgan fingerprint density at radius 1 is 1.19 bits per heavy atom. The van der Waals surface area contributed by atoms with Gasteiger partial charge in [0.25, 0.3) is 0 Å². The van der Waals surface area contributed by atoms with Gasteiger partial charge in [0.15, 0.2) is 5.76 Å². The van der Waals surface area contributed by atoms with Crippen molar-refractivity contribution in [3.8, 4) is 12.3 Å². The zero-order valence-electron chi connectivity index (χ0n) is 12.9. The van der Waals surface area contributed by atoms with Gasteiger partial charge in [-0.05, 0) is 45.8 Å². The Morgan fingerprint density at radius 2 is 1.90 bits per heavy atom. The zero-order valence-corrected chi connectivity index (χ0v) is 12.9. The highest BCUT2D eigenvalue weighted by Gasteiger charge is 2.56. The van der Waals surface area contributed by atoms with Gasteiger partial charge >= 0.3 is 0 Å². The highest BCUT2D eigenvalue weighted by molar-refractivity contribution is 5.70. The second-order valence-electron chi connectivity index (χ2n) is 6.58.